The van der Waals surface area contributed by atoms with Gasteiger partial charge in [0.05, 0.1) is 17.5 Å². The summed E-state index contributed by atoms with van der Waals surface area (Å²) in [7, 11) is 0. The van der Waals surface area contributed by atoms with Crippen molar-refractivity contribution in [3.8, 4) is 0 Å². The molecule has 0 aromatic heterocycles. The number of amides is 2. The number of halogens is 2. The van der Waals surface area contributed by atoms with Crippen molar-refractivity contribution in [2.45, 2.75) is 0 Å². The highest BCUT2D eigenvalue weighted by Crippen LogP contribution is 2.58. The molecule has 0 unspecified atom stereocenters. The van der Waals surface area contributed by atoms with Gasteiger partial charge in [0, 0.05) is 11.8 Å². The number of rotatable bonds is 3. The highest BCUT2D eigenvalue weighted by molar-refractivity contribution is 6.23. The van der Waals surface area contributed by atoms with Crippen molar-refractivity contribution in [1.82, 2.24) is 0 Å². The van der Waals surface area contributed by atoms with Gasteiger partial charge in [-0.1, -0.05) is 54.6 Å². The summed E-state index contributed by atoms with van der Waals surface area (Å²) in [5, 5.41) is 0. The first-order valence-corrected chi connectivity index (χ1v) is 10.9. The van der Waals surface area contributed by atoms with Gasteiger partial charge in [0.2, 0.25) is 11.8 Å². The van der Waals surface area contributed by atoms with Gasteiger partial charge >= 0.3 is 0 Å². The van der Waals surface area contributed by atoms with Crippen molar-refractivity contribution in [3.05, 3.63) is 119 Å². The molecule has 2 aliphatic carbocycles. The average molecular weight is 439 g/mol. The van der Waals surface area contributed by atoms with Gasteiger partial charge in [0.1, 0.15) is 11.6 Å². The molecule has 3 aromatic rings. The van der Waals surface area contributed by atoms with Crippen molar-refractivity contribution >= 4 is 23.1 Å². The number of carbonyl (C=O) groups is 2. The summed E-state index contributed by atoms with van der Waals surface area (Å²) in [6.45, 7) is 0. The lowest BCUT2D eigenvalue weighted by Gasteiger charge is -2.21. The van der Waals surface area contributed by atoms with Crippen LogP contribution in [0.2, 0.25) is 0 Å². The average Bonchev–Trinajstić information content (AvgIpc) is 3.46. The molecule has 1 aliphatic heterocycles. The first-order chi connectivity index (χ1) is 16.0. The van der Waals surface area contributed by atoms with Crippen LogP contribution >= 0.6 is 0 Å². The van der Waals surface area contributed by atoms with Gasteiger partial charge in [0.25, 0.3) is 0 Å². The molecule has 3 aliphatic rings. The van der Waals surface area contributed by atoms with Crippen LogP contribution in [-0.2, 0) is 9.59 Å². The smallest absolute Gasteiger partial charge is 0.238 e. The van der Waals surface area contributed by atoms with Crippen LogP contribution in [0.4, 0.5) is 14.5 Å². The van der Waals surface area contributed by atoms with Crippen molar-refractivity contribution in [2.24, 2.45) is 23.7 Å². The summed E-state index contributed by atoms with van der Waals surface area (Å²) < 4.78 is 27.3. The quantitative estimate of drug-likeness (QED) is 0.406. The Bertz CT molecular complexity index is 1250. The molecule has 1 saturated heterocycles. The van der Waals surface area contributed by atoms with Crippen LogP contribution in [0.15, 0.2) is 96.6 Å². The SMILES string of the molecule is O=C1[C@@H]2[C@@H](C(=O)N1c1ccccc1)[C@H]1C=C[C@H]2C1=C(c1ccc(F)cc1)c1ccc(F)cc1. The Balaban J connectivity index is 1.50. The number of fused-ring (bicyclic) bond motifs is 5. The first-order valence-electron chi connectivity index (χ1n) is 10.9. The summed E-state index contributed by atoms with van der Waals surface area (Å²) in [4.78, 5) is 28.2. The summed E-state index contributed by atoms with van der Waals surface area (Å²) in [5.41, 5.74) is 3.94. The van der Waals surface area contributed by atoms with E-state index in [0.29, 0.717) is 5.69 Å². The molecule has 0 N–H and O–H groups in total. The maximum Gasteiger partial charge on any atom is 0.238 e. The molecule has 1 heterocycles. The monoisotopic (exact) mass is 439 g/mol. The van der Waals surface area contributed by atoms with E-state index in [-0.39, 0.29) is 35.3 Å². The zero-order valence-corrected chi connectivity index (χ0v) is 17.5. The van der Waals surface area contributed by atoms with Gasteiger partial charge in [-0.05, 0) is 58.7 Å². The molecule has 162 valence electrons. The number of carbonyl (C=O) groups excluding carboxylic acids is 2. The Morgan fingerprint density at radius 3 is 1.55 bits per heavy atom. The number of anilines is 1. The van der Waals surface area contributed by atoms with Gasteiger partial charge in [-0.3, -0.25) is 9.59 Å². The van der Waals surface area contributed by atoms with Crippen LogP contribution in [0, 0.1) is 35.3 Å². The molecule has 1 saturated carbocycles. The van der Waals surface area contributed by atoms with E-state index in [4.69, 9.17) is 0 Å². The van der Waals surface area contributed by atoms with Crippen LogP contribution in [-0.4, -0.2) is 11.8 Å². The molecule has 5 heteroatoms. The summed E-state index contributed by atoms with van der Waals surface area (Å²) in [6, 6.07) is 21.3. The minimum Gasteiger partial charge on any atom is -0.274 e. The number of para-hydroxylation sites is 1. The maximum absolute atomic E-state index is 13.7. The highest BCUT2D eigenvalue weighted by Gasteiger charge is 2.62. The molecule has 0 spiro atoms. The lowest BCUT2D eigenvalue weighted by atomic mass is 9.85. The molecule has 2 bridgehead atoms. The number of hydrogen-bond donors (Lipinski definition) is 0. The molecule has 6 rings (SSSR count). The fourth-order valence-corrected chi connectivity index (χ4v) is 5.66. The predicted octanol–water partition coefficient (Wildman–Crippen LogP) is 5.39. The Labute approximate surface area is 189 Å². The van der Waals surface area contributed by atoms with E-state index in [1.807, 2.05) is 30.4 Å². The minimum atomic E-state index is -0.474. The predicted molar refractivity (Wildman–Crippen MR) is 121 cm³/mol. The van der Waals surface area contributed by atoms with Gasteiger partial charge in [-0.15, -0.1) is 0 Å². The van der Waals surface area contributed by atoms with Gasteiger partial charge < -0.3 is 0 Å². The number of benzene rings is 3. The van der Waals surface area contributed by atoms with E-state index in [1.54, 1.807) is 36.4 Å². The lowest BCUT2D eigenvalue weighted by Crippen LogP contribution is -2.33. The van der Waals surface area contributed by atoms with E-state index in [1.165, 1.54) is 29.2 Å². The van der Waals surface area contributed by atoms with E-state index < -0.39 is 11.8 Å². The minimum absolute atomic E-state index is 0.192. The fraction of sp³-hybridized carbons (Fsp3) is 0.143. The highest BCUT2D eigenvalue weighted by atomic mass is 19.1. The number of imide groups is 1. The third-order valence-corrected chi connectivity index (χ3v) is 6.98. The molecule has 3 nitrogen and oxygen atoms in total. The largest absolute Gasteiger partial charge is 0.274 e. The number of nitrogens with zero attached hydrogens (tertiary/aromatic N) is 1. The third kappa shape index (κ3) is 2.92. The summed E-state index contributed by atoms with van der Waals surface area (Å²) in [6.07, 6.45) is 4.02. The van der Waals surface area contributed by atoms with Crippen LogP contribution in [0.1, 0.15) is 11.1 Å². The van der Waals surface area contributed by atoms with E-state index in [0.717, 1.165) is 22.3 Å². The Morgan fingerprint density at radius 2 is 1.09 bits per heavy atom. The standard InChI is InChI=1S/C28H19F2NO2/c29-18-10-6-16(7-11-18)23(17-8-12-19(30)13-9-17)24-21-14-15-22(24)26-25(21)27(32)31(28(26)33)20-4-2-1-3-5-20/h1-15,21-22,25-26H/t21-,22-,25-,26-/m0/s1. The second-order valence-corrected chi connectivity index (χ2v) is 8.68. The molecule has 0 radical (unpaired) electrons. The third-order valence-electron chi connectivity index (χ3n) is 6.98. The van der Waals surface area contributed by atoms with Crippen molar-refractivity contribution in [1.29, 1.82) is 0 Å². The van der Waals surface area contributed by atoms with Crippen LogP contribution in [0.25, 0.3) is 5.57 Å². The second kappa shape index (κ2) is 7.34. The van der Waals surface area contributed by atoms with E-state index >= 15 is 0 Å². The molecule has 3 aromatic carbocycles. The van der Waals surface area contributed by atoms with Crippen molar-refractivity contribution < 1.29 is 18.4 Å². The van der Waals surface area contributed by atoms with Crippen molar-refractivity contribution in [3.63, 3.8) is 0 Å². The Morgan fingerprint density at radius 1 is 0.636 bits per heavy atom. The van der Waals surface area contributed by atoms with Crippen LogP contribution in [0.3, 0.4) is 0 Å². The van der Waals surface area contributed by atoms with Gasteiger partial charge in [-0.2, -0.15) is 0 Å². The maximum atomic E-state index is 13.7. The topological polar surface area (TPSA) is 37.4 Å². The zero-order valence-electron chi connectivity index (χ0n) is 17.5. The van der Waals surface area contributed by atoms with Gasteiger partial charge in [-0.25, -0.2) is 13.7 Å². The zero-order chi connectivity index (χ0) is 22.7. The summed E-state index contributed by atoms with van der Waals surface area (Å²) in [5.74, 6) is -2.51. The normalized spacial score (nSPS) is 25.2. The van der Waals surface area contributed by atoms with E-state index in [9.17, 15) is 18.4 Å². The van der Waals surface area contributed by atoms with Crippen LogP contribution < -0.4 is 4.90 Å². The second-order valence-electron chi connectivity index (χ2n) is 8.68. The molecular formula is C28H19F2NO2. The molecule has 33 heavy (non-hydrogen) atoms. The Hall–Kier alpha value is -3.86. The van der Waals surface area contributed by atoms with Crippen molar-refractivity contribution in [2.75, 3.05) is 4.90 Å². The number of allylic oxidation sites excluding steroid dienone is 3. The molecule has 4 atom stereocenters. The molecule has 2 amide bonds. The summed E-state index contributed by atoms with van der Waals surface area (Å²) >= 11 is 0. The van der Waals surface area contributed by atoms with E-state index in [2.05, 4.69) is 0 Å². The first kappa shape index (κ1) is 19.8. The molecular weight excluding hydrogens is 420 g/mol. The number of hydrogen-bond acceptors (Lipinski definition) is 2. The Kier molecular flexibility index (Phi) is 4.40. The lowest BCUT2D eigenvalue weighted by molar-refractivity contribution is -0.122. The molecule has 2 fully saturated rings. The fourth-order valence-electron chi connectivity index (χ4n) is 5.66. The van der Waals surface area contributed by atoms with Crippen LogP contribution in [0.5, 0.6) is 0 Å². The van der Waals surface area contributed by atoms with Gasteiger partial charge in [0.15, 0.2) is 0 Å².